The Morgan fingerprint density at radius 1 is 1.09 bits per heavy atom. The molecule has 0 unspecified atom stereocenters. The van der Waals surface area contributed by atoms with Crippen molar-refractivity contribution in [1.29, 1.82) is 0 Å². The molecule has 1 atom stereocenters. The van der Waals surface area contributed by atoms with Crippen molar-refractivity contribution in [3.63, 3.8) is 0 Å². The molecule has 2 aromatic carbocycles. The van der Waals surface area contributed by atoms with Gasteiger partial charge >= 0.3 is 0 Å². The van der Waals surface area contributed by atoms with E-state index in [0.717, 1.165) is 33.7 Å². The normalized spacial score (nSPS) is 12.1. The van der Waals surface area contributed by atoms with Gasteiger partial charge in [0.1, 0.15) is 18.3 Å². The maximum absolute atomic E-state index is 13.8. The molecule has 0 aliphatic carbocycles. The Hall–Kier alpha value is -3.07. The molecule has 2 amide bonds. The molecule has 0 heterocycles. The van der Waals surface area contributed by atoms with Gasteiger partial charge in [0, 0.05) is 13.1 Å². The molecule has 0 saturated carbocycles. The Morgan fingerprint density at radius 3 is 2.34 bits per heavy atom. The molecule has 192 valence electrons. The Balaban J connectivity index is 2.51. The minimum absolute atomic E-state index is 0.187. The zero-order valence-corrected chi connectivity index (χ0v) is 22.3. The molecule has 9 heteroatoms. The zero-order chi connectivity index (χ0) is 26.2. The van der Waals surface area contributed by atoms with Crippen molar-refractivity contribution in [3.8, 4) is 5.75 Å². The number of carbonyl (C=O) groups excluding carboxylic acids is 2. The molecule has 8 nitrogen and oxygen atoms in total. The monoisotopic (exact) mass is 503 g/mol. The van der Waals surface area contributed by atoms with Crippen LogP contribution in [-0.4, -0.2) is 57.6 Å². The first kappa shape index (κ1) is 28.2. The number of ether oxygens (including phenoxy) is 1. The number of nitrogens with zero attached hydrogens (tertiary/aromatic N) is 2. The molecule has 0 spiro atoms. The summed E-state index contributed by atoms with van der Waals surface area (Å²) in [5.41, 5.74) is 2.97. The number of rotatable bonds is 12. The van der Waals surface area contributed by atoms with Gasteiger partial charge < -0.3 is 15.0 Å². The van der Waals surface area contributed by atoms with Crippen LogP contribution >= 0.6 is 0 Å². The average molecular weight is 504 g/mol. The number of anilines is 1. The van der Waals surface area contributed by atoms with E-state index in [4.69, 9.17) is 4.74 Å². The van der Waals surface area contributed by atoms with Crippen LogP contribution in [-0.2, 0) is 26.2 Å². The van der Waals surface area contributed by atoms with E-state index in [9.17, 15) is 18.0 Å². The van der Waals surface area contributed by atoms with Crippen molar-refractivity contribution < 1.29 is 22.7 Å². The summed E-state index contributed by atoms with van der Waals surface area (Å²) in [6.07, 6.45) is 2.21. The number of hydrogen-bond acceptors (Lipinski definition) is 5. The van der Waals surface area contributed by atoms with Gasteiger partial charge in [-0.2, -0.15) is 0 Å². The zero-order valence-electron chi connectivity index (χ0n) is 21.5. The molecule has 2 aromatic rings. The van der Waals surface area contributed by atoms with E-state index >= 15 is 0 Å². The first-order valence-electron chi connectivity index (χ1n) is 11.8. The van der Waals surface area contributed by atoms with E-state index in [2.05, 4.69) is 5.32 Å². The second-order valence-electron chi connectivity index (χ2n) is 8.61. The van der Waals surface area contributed by atoms with E-state index < -0.39 is 28.5 Å². The molecule has 0 fully saturated rings. The van der Waals surface area contributed by atoms with Crippen LogP contribution in [0.3, 0.4) is 0 Å². The number of benzene rings is 2. The van der Waals surface area contributed by atoms with Crippen molar-refractivity contribution in [3.05, 3.63) is 59.2 Å². The fourth-order valence-corrected chi connectivity index (χ4v) is 4.69. The molecular weight excluding hydrogens is 466 g/mol. The summed E-state index contributed by atoms with van der Waals surface area (Å²) in [6, 6.07) is 12.0. The Morgan fingerprint density at radius 2 is 1.77 bits per heavy atom. The van der Waals surface area contributed by atoms with E-state index in [-0.39, 0.29) is 18.1 Å². The number of sulfonamides is 1. The first-order chi connectivity index (χ1) is 16.5. The highest BCUT2D eigenvalue weighted by Crippen LogP contribution is 2.31. The van der Waals surface area contributed by atoms with E-state index in [1.807, 2.05) is 52.0 Å². The molecular formula is C26H37N3O5S. The summed E-state index contributed by atoms with van der Waals surface area (Å²) in [4.78, 5) is 28.2. The number of amides is 2. The third kappa shape index (κ3) is 7.45. The SMILES string of the molecule is CCCNC(=O)[C@H](CC)N(Cc1ccccc1C)C(=O)CN(c1cc(C)ccc1OC)S(C)(=O)=O. The highest BCUT2D eigenvalue weighted by Gasteiger charge is 2.32. The van der Waals surface area contributed by atoms with Gasteiger partial charge in [-0.05, 0) is 55.5 Å². The lowest BCUT2D eigenvalue weighted by molar-refractivity contribution is -0.140. The van der Waals surface area contributed by atoms with Gasteiger partial charge in [0.05, 0.1) is 19.1 Å². The molecule has 35 heavy (non-hydrogen) atoms. The minimum Gasteiger partial charge on any atom is -0.495 e. The van der Waals surface area contributed by atoms with E-state index in [1.165, 1.54) is 12.0 Å². The molecule has 0 bridgehead atoms. The maximum atomic E-state index is 13.8. The maximum Gasteiger partial charge on any atom is 0.244 e. The molecule has 0 radical (unpaired) electrons. The fraction of sp³-hybridized carbons (Fsp3) is 0.462. The molecule has 0 aromatic heterocycles. The first-order valence-corrected chi connectivity index (χ1v) is 13.6. The predicted molar refractivity (Wildman–Crippen MR) is 139 cm³/mol. The van der Waals surface area contributed by atoms with Crippen LogP contribution in [0.5, 0.6) is 5.75 Å². The molecule has 0 aliphatic heterocycles. The van der Waals surface area contributed by atoms with Crippen LogP contribution in [0.1, 0.15) is 43.4 Å². The minimum atomic E-state index is -3.84. The predicted octanol–water partition coefficient (Wildman–Crippen LogP) is 3.41. The van der Waals surface area contributed by atoms with Gasteiger partial charge in [-0.3, -0.25) is 13.9 Å². The van der Waals surface area contributed by atoms with Crippen LogP contribution in [0.4, 0.5) is 5.69 Å². The van der Waals surface area contributed by atoms with Crippen molar-refractivity contribution >= 4 is 27.5 Å². The number of aryl methyl sites for hydroxylation is 2. The standard InChI is InChI=1S/C26H37N3O5S/c1-7-15-27-26(31)22(8-2)28(17-21-12-10-9-11-20(21)4)25(30)18-29(35(6,32)33)23-16-19(3)13-14-24(23)34-5/h9-14,16,22H,7-8,15,17-18H2,1-6H3,(H,27,31)/t22-/m0/s1. The van der Waals surface area contributed by atoms with Gasteiger partial charge in [-0.1, -0.05) is 44.2 Å². The van der Waals surface area contributed by atoms with Crippen LogP contribution in [0.15, 0.2) is 42.5 Å². The number of carbonyl (C=O) groups is 2. The van der Waals surface area contributed by atoms with E-state index in [1.54, 1.807) is 18.2 Å². The van der Waals surface area contributed by atoms with Gasteiger partial charge in [0.25, 0.3) is 0 Å². The largest absolute Gasteiger partial charge is 0.495 e. The van der Waals surface area contributed by atoms with Gasteiger partial charge in [0.15, 0.2) is 0 Å². The Labute approximate surface area is 209 Å². The van der Waals surface area contributed by atoms with Crippen molar-refractivity contribution in [2.45, 2.75) is 53.1 Å². The van der Waals surface area contributed by atoms with Gasteiger partial charge in [0.2, 0.25) is 21.8 Å². The van der Waals surface area contributed by atoms with Crippen molar-refractivity contribution in [2.24, 2.45) is 0 Å². The Kier molecular flexibility index (Phi) is 10.1. The summed E-state index contributed by atoms with van der Waals surface area (Å²) < 4.78 is 32.1. The summed E-state index contributed by atoms with van der Waals surface area (Å²) in [7, 11) is -2.39. The molecule has 2 rings (SSSR count). The van der Waals surface area contributed by atoms with Crippen molar-refractivity contribution in [1.82, 2.24) is 10.2 Å². The van der Waals surface area contributed by atoms with Crippen LogP contribution < -0.4 is 14.4 Å². The summed E-state index contributed by atoms with van der Waals surface area (Å²) >= 11 is 0. The highest BCUT2D eigenvalue weighted by atomic mass is 32.2. The lowest BCUT2D eigenvalue weighted by Gasteiger charge is -2.33. The van der Waals surface area contributed by atoms with Crippen LogP contribution in [0, 0.1) is 13.8 Å². The molecule has 1 N–H and O–H groups in total. The Bertz CT molecular complexity index is 1130. The fourth-order valence-electron chi connectivity index (χ4n) is 3.85. The average Bonchev–Trinajstić information content (AvgIpc) is 2.81. The van der Waals surface area contributed by atoms with Crippen molar-refractivity contribution in [2.75, 3.05) is 30.8 Å². The lowest BCUT2D eigenvalue weighted by Crippen LogP contribution is -2.52. The third-order valence-electron chi connectivity index (χ3n) is 5.82. The van der Waals surface area contributed by atoms with Crippen LogP contribution in [0.2, 0.25) is 0 Å². The summed E-state index contributed by atoms with van der Waals surface area (Å²) in [6.45, 7) is 7.80. The molecule has 0 saturated heterocycles. The van der Waals surface area contributed by atoms with Crippen LogP contribution in [0.25, 0.3) is 0 Å². The summed E-state index contributed by atoms with van der Waals surface area (Å²) in [5, 5.41) is 2.88. The smallest absolute Gasteiger partial charge is 0.244 e. The second-order valence-corrected chi connectivity index (χ2v) is 10.5. The second kappa shape index (κ2) is 12.6. The third-order valence-corrected chi connectivity index (χ3v) is 6.95. The number of methoxy groups -OCH3 is 1. The lowest BCUT2D eigenvalue weighted by atomic mass is 10.1. The number of hydrogen-bond donors (Lipinski definition) is 1. The quantitative estimate of drug-likeness (QED) is 0.479. The summed E-state index contributed by atoms with van der Waals surface area (Å²) in [5.74, 6) is -0.386. The highest BCUT2D eigenvalue weighted by molar-refractivity contribution is 7.92. The van der Waals surface area contributed by atoms with E-state index in [0.29, 0.717) is 18.7 Å². The van der Waals surface area contributed by atoms with Gasteiger partial charge in [-0.15, -0.1) is 0 Å². The van der Waals surface area contributed by atoms with Gasteiger partial charge in [-0.25, -0.2) is 8.42 Å². The topological polar surface area (TPSA) is 96.0 Å². The number of nitrogens with one attached hydrogen (secondary N) is 1. The molecule has 0 aliphatic rings.